The van der Waals surface area contributed by atoms with Gasteiger partial charge in [-0.25, -0.2) is 13.6 Å². The van der Waals surface area contributed by atoms with E-state index < -0.39 is 10.0 Å². The summed E-state index contributed by atoms with van der Waals surface area (Å²) in [6.45, 7) is 7.95. The summed E-state index contributed by atoms with van der Waals surface area (Å²) >= 11 is 0. The van der Waals surface area contributed by atoms with Crippen molar-refractivity contribution in [3.63, 3.8) is 0 Å². The molecule has 2 aromatic carbocycles. The van der Waals surface area contributed by atoms with Gasteiger partial charge in [-0.1, -0.05) is 43.3 Å². The van der Waals surface area contributed by atoms with Crippen LogP contribution in [0, 0.1) is 0 Å². The molecule has 1 saturated heterocycles. The van der Waals surface area contributed by atoms with Gasteiger partial charge in [0.05, 0.1) is 4.90 Å². The van der Waals surface area contributed by atoms with E-state index in [2.05, 4.69) is 53.2 Å². The zero-order valence-corrected chi connectivity index (χ0v) is 19.0. The minimum atomic E-state index is -3.80. The molecule has 0 aliphatic carbocycles. The molecule has 1 amide bonds. The van der Waals surface area contributed by atoms with Gasteiger partial charge in [0, 0.05) is 43.8 Å². The van der Waals surface area contributed by atoms with Crippen molar-refractivity contribution in [1.29, 1.82) is 0 Å². The second kappa shape index (κ2) is 10.4. The van der Waals surface area contributed by atoms with E-state index in [-0.39, 0.29) is 10.8 Å². The van der Waals surface area contributed by atoms with Crippen LogP contribution in [0.5, 0.6) is 0 Å². The van der Waals surface area contributed by atoms with Crippen LogP contribution in [0.1, 0.15) is 38.3 Å². The van der Waals surface area contributed by atoms with E-state index in [0.29, 0.717) is 30.7 Å². The van der Waals surface area contributed by atoms with Gasteiger partial charge < -0.3 is 5.32 Å². The Hall–Kier alpha value is -2.26. The summed E-state index contributed by atoms with van der Waals surface area (Å²) in [5.74, 6) is -0.141. The number of carbonyl (C=O) groups is 1. The molecular weight excluding hydrogens is 412 g/mol. The number of anilines is 1. The van der Waals surface area contributed by atoms with Crippen molar-refractivity contribution in [2.75, 3.05) is 31.5 Å². The molecule has 168 valence electrons. The highest BCUT2D eigenvalue weighted by molar-refractivity contribution is 7.89. The van der Waals surface area contributed by atoms with Crippen LogP contribution < -0.4 is 10.5 Å². The van der Waals surface area contributed by atoms with Gasteiger partial charge in [0.25, 0.3) is 0 Å². The van der Waals surface area contributed by atoms with E-state index in [9.17, 15) is 13.2 Å². The fourth-order valence-corrected chi connectivity index (χ4v) is 4.74. The van der Waals surface area contributed by atoms with Gasteiger partial charge in [-0.15, -0.1) is 0 Å². The molecule has 1 aliphatic heterocycles. The van der Waals surface area contributed by atoms with Crippen LogP contribution in [0.4, 0.5) is 5.69 Å². The molecule has 0 saturated carbocycles. The Morgan fingerprint density at radius 2 is 1.97 bits per heavy atom. The molecule has 1 heterocycles. The van der Waals surface area contributed by atoms with Crippen LogP contribution in [0.2, 0.25) is 0 Å². The van der Waals surface area contributed by atoms with E-state index in [1.54, 1.807) is 12.1 Å². The number of rotatable bonds is 9. The normalized spacial score (nSPS) is 18.3. The standard InChI is InChI=1S/C23H32N4O3S/c1-3-26(21-12-14-27(17-21)18(2)19-8-5-4-6-9-19)15-13-23(28)25-20-10-7-11-22(16-20)31(24,29)30/h4-11,16,18,21H,3,12-15,17H2,1-2H3,(H,25,28)(H2,24,29,30). The Morgan fingerprint density at radius 1 is 1.23 bits per heavy atom. The average Bonchev–Trinajstić information content (AvgIpc) is 3.24. The topological polar surface area (TPSA) is 95.7 Å². The van der Waals surface area contributed by atoms with Crippen molar-refractivity contribution >= 4 is 21.6 Å². The summed E-state index contributed by atoms with van der Waals surface area (Å²) in [6.07, 6.45) is 1.43. The first-order valence-electron chi connectivity index (χ1n) is 10.7. The number of benzene rings is 2. The highest BCUT2D eigenvalue weighted by Gasteiger charge is 2.30. The molecule has 0 bridgehead atoms. The molecule has 0 spiro atoms. The number of likely N-dealkylation sites (tertiary alicyclic amines) is 1. The SMILES string of the molecule is CCN(CCC(=O)Nc1cccc(S(N)(=O)=O)c1)C1CCN(C(C)c2ccccc2)C1. The summed E-state index contributed by atoms with van der Waals surface area (Å²) in [4.78, 5) is 17.3. The number of hydrogen-bond donors (Lipinski definition) is 2. The summed E-state index contributed by atoms with van der Waals surface area (Å²) in [7, 11) is -3.80. The maximum absolute atomic E-state index is 12.4. The average molecular weight is 445 g/mol. The molecule has 8 heteroatoms. The lowest BCUT2D eigenvalue weighted by molar-refractivity contribution is -0.116. The van der Waals surface area contributed by atoms with Gasteiger partial charge in [-0.2, -0.15) is 0 Å². The number of hydrogen-bond acceptors (Lipinski definition) is 5. The number of likely N-dealkylation sites (N-methyl/N-ethyl adjacent to an activating group) is 1. The Balaban J connectivity index is 1.52. The molecule has 3 rings (SSSR count). The quantitative estimate of drug-likeness (QED) is 0.620. The Labute approximate surface area is 185 Å². The first-order valence-corrected chi connectivity index (χ1v) is 12.3. The van der Waals surface area contributed by atoms with Crippen LogP contribution in [0.25, 0.3) is 0 Å². The zero-order valence-electron chi connectivity index (χ0n) is 18.2. The van der Waals surface area contributed by atoms with Crippen molar-refractivity contribution < 1.29 is 13.2 Å². The largest absolute Gasteiger partial charge is 0.326 e. The van der Waals surface area contributed by atoms with Crippen LogP contribution in [0.3, 0.4) is 0 Å². The molecule has 1 fully saturated rings. The molecule has 1 aliphatic rings. The molecule has 3 N–H and O–H groups in total. The van der Waals surface area contributed by atoms with Crippen molar-refractivity contribution in [2.24, 2.45) is 5.14 Å². The van der Waals surface area contributed by atoms with Gasteiger partial charge >= 0.3 is 0 Å². The monoisotopic (exact) mass is 444 g/mol. The first-order chi connectivity index (χ1) is 14.8. The first kappa shape index (κ1) is 23.4. The lowest BCUT2D eigenvalue weighted by Gasteiger charge is -2.29. The van der Waals surface area contributed by atoms with E-state index in [1.807, 2.05) is 6.07 Å². The number of carbonyl (C=O) groups excluding carboxylic acids is 1. The zero-order chi connectivity index (χ0) is 22.4. The lowest BCUT2D eigenvalue weighted by Crippen LogP contribution is -2.39. The summed E-state index contributed by atoms with van der Waals surface area (Å²) in [6, 6.07) is 17.3. The van der Waals surface area contributed by atoms with Crippen LogP contribution >= 0.6 is 0 Å². The smallest absolute Gasteiger partial charge is 0.238 e. The number of primary sulfonamides is 1. The van der Waals surface area contributed by atoms with E-state index in [1.165, 1.54) is 17.7 Å². The predicted octanol–water partition coefficient (Wildman–Crippen LogP) is 2.82. The molecule has 0 radical (unpaired) electrons. The maximum Gasteiger partial charge on any atom is 0.238 e. The maximum atomic E-state index is 12.4. The molecule has 31 heavy (non-hydrogen) atoms. The third kappa shape index (κ3) is 6.36. The number of amides is 1. The summed E-state index contributed by atoms with van der Waals surface area (Å²) in [5, 5.41) is 7.94. The summed E-state index contributed by atoms with van der Waals surface area (Å²) in [5.41, 5.74) is 1.76. The second-order valence-electron chi connectivity index (χ2n) is 8.02. The number of nitrogens with one attached hydrogen (secondary N) is 1. The molecular formula is C23H32N4O3S. The van der Waals surface area contributed by atoms with Crippen molar-refractivity contribution in [1.82, 2.24) is 9.80 Å². The predicted molar refractivity (Wildman–Crippen MR) is 123 cm³/mol. The number of nitrogens with two attached hydrogens (primary N) is 1. The van der Waals surface area contributed by atoms with E-state index >= 15 is 0 Å². The fraction of sp³-hybridized carbons (Fsp3) is 0.435. The third-order valence-electron chi connectivity index (χ3n) is 6.02. The van der Waals surface area contributed by atoms with Crippen LogP contribution in [0.15, 0.2) is 59.5 Å². The van der Waals surface area contributed by atoms with E-state index in [4.69, 9.17) is 5.14 Å². The Morgan fingerprint density at radius 3 is 2.65 bits per heavy atom. The third-order valence-corrected chi connectivity index (χ3v) is 6.93. The highest BCUT2D eigenvalue weighted by Crippen LogP contribution is 2.26. The lowest BCUT2D eigenvalue weighted by atomic mass is 10.1. The fourth-order valence-electron chi connectivity index (χ4n) is 4.18. The molecule has 0 aromatic heterocycles. The van der Waals surface area contributed by atoms with Crippen molar-refractivity contribution in [3.8, 4) is 0 Å². The van der Waals surface area contributed by atoms with Gasteiger partial charge in [-0.05, 0) is 43.7 Å². The van der Waals surface area contributed by atoms with E-state index in [0.717, 1.165) is 26.1 Å². The van der Waals surface area contributed by atoms with Crippen LogP contribution in [-0.2, 0) is 14.8 Å². The van der Waals surface area contributed by atoms with Crippen LogP contribution in [-0.4, -0.2) is 56.3 Å². The van der Waals surface area contributed by atoms with Crippen molar-refractivity contribution in [2.45, 2.75) is 43.7 Å². The minimum absolute atomic E-state index is 0.0148. The second-order valence-corrected chi connectivity index (χ2v) is 9.59. The number of nitrogens with zero attached hydrogens (tertiary/aromatic N) is 2. The molecule has 7 nitrogen and oxygen atoms in total. The highest BCUT2D eigenvalue weighted by atomic mass is 32.2. The molecule has 2 aromatic rings. The Kier molecular flexibility index (Phi) is 7.83. The van der Waals surface area contributed by atoms with Gasteiger partial charge in [0.15, 0.2) is 0 Å². The minimum Gasteiger partial charge on any atom is -0.326 e. The van der Waals surface area contributed by atoms with Crippen molar-refractivity contribution in [3.05, 3.63) is 60.2 Å². The van der Waals surface area contributed by atoms with Gasteiger partial charge in [0.2, 0.25) is 15.9 Å². The molecule has 2 atom stereocenters. The number of sulfonamides is 1. The summed E-state index contributed by atoms with van der Waals surface area (Å²) < 4.78 is 23.0. The molecule has 2 unspecified atom stereocenters. The van der Waals surface area contributed by atoms with Gasteiger partial charge in [-0.3, -0.25) is 14.6 Å². The van der Waals surface area contributed by atoms with Gasteiger partial charge in [0.1, 0.15) is 0 Å². The Bertz CT molecular complexity index is 981.